The Labute approximate surface area is 138 Å². The van der Waals surface area contributed by atoms with Crippen molar-refractivity contribution in [2.24, 2.45) is 0 Å². The van der Waals surface area contributed by atoms with E-state index in [1.165, 1.54) is 11.3 Å². The number of ether oxygens (including phenoxy) is 1. The van der Waals surface area contributed by atoms with Gasteiger partial charge in [0.1, 0.15) is 15.6 Å². The van der Waals surface area contributed by atoms with E-state index in [0.717, 1.165) is 10.6 Å². The van der Waals surface area contributed by atoms with Crippen molar-refractivity contribution in [3.63, 3.8) is 0 Å². The summed E-state index contributed by atoms with van der Waals surface area (Å²) in [6, 6.07) is 11.0. The van der Waals surface area contributed by atoms with E-state index in [9.17, 15) is 4.79 Å². The minimum absolute atomic E-state index is 0.177. The van der Waals surface area contributed by atoms with Crippen LogP contribution in [0.2, 0.25) is 0 Å². The van der Waals surface area contributed by atoms with Crippen molar-refractivity contribution in [3.8, 4) is 16.3 Å². The summed E-state index contributed by atoms with van der Waals surface area (Å²) in [5.41, 5.74) is 2.29. The lowest BCUT2D eigenvalue weighted by atomic mass is 10.3. The molecule has 6 heteroatoms. The second-order valence-corrected chi connectivity index (χ2v) is 5.86. The van der Waals surface area contributed by atoms with Gasteiger partial charge in [0.25, 0.3) is 5.91 Å². The van der Waals surface area contributed by atoms with E-state index < -0.39 is 0 Å². The van der Waals surface area contributed by atoms with Gasteiger partial charge in [-0.05, 0) is 31.2 Å². The molecule has 0 aliphatic rings. The molecule has 0 aliphatic heterocycles. The fraction of sp³-hybridized carbons (Fsp3) is 0.118. The molecule has 0 radical (unpaired) electrons. The average molecular weight is 325 g/mol. The smallest absolute Gasteiger partial charge is 0.267 e. The number of anilines is 1. The Morgan fingerprint density at radius 1 is 1.26 bits per heavy atom. The van der Waals surface area contributed by atoms with Gasteiger partial charge in [-0.3, -0.25) is 9.78 Å². The molecule has 2 heterocycles. The summed E-state index contributed by atoms with van der Waals surface area (Å²) in [5, 5.41) is 3.66. The lowest BCUT2D eigenvalue weighted by molar-refractivity contribution is 0.103. The Hall–Kier alpha value is -2.73. The van der Waals surface area contributed by atoms with Gasteiger partial charge in [0.15, 0.2) is 0 Å². The van der Waals surface area contributed by atoms with Gasteiger partial charge in [-0.1, -0.05) is 6.07 Å². The summed E-state index contributed by atoms with van der Waals surface area (Å²) in [4.78, 5) is 21.6. The zero-order valence-corrected chi connectivity index (χ0v) is 13.6. The van der Waals surface area contributed by atoms with Crippen LogP contribution < -0.4 is 10.1 Å². The number of thiazole rings is 1. The van der Waals surface area contributed by atoms with E-state index in [-0.39, 0.29) is 5.91 Å². The van der Waals surface area contributed by atoms with Crippen LogP contribution in [0, 0.1) is 6.92 Å². The SMILES string of the molecule is COc1cccc(NC(=O)c2sc(-c3cccnc3)nc2C)c1. The molecular formula is C17H15N3O2S. The van der Waals surface area contributed by atoms with Gasteiger partial charge in [0.2, 0.25) is 0 Å². The molecule has 0 fully saturated rings. The number of carbonyl (C=O) groups is 1. The second-order valence-electron chi connectivity index (χ2n) is 4.86. The Morgan fingerprint density at radius 2 is 2.13 bits per heavy atom. The number of amides is 1. The number of methoxy groups -OCH3 is 1. The molecule has 0 saturated heterocycles. The van der Waals surface area contributed by atoms with Crippen molar-refractivity contribution in [1.82, 2.24) is 9.97 Å². The van der Waals surface area contributed by atoms with E-state index in [4.69, 9.17) is 4.74 Å². The number of nitrogens with zero attached hydrogens (tertiary/aromatic N) is 2. The first-order valence-electron chi connectivity index (χ1n) is 7.00. The number of benzene rings is 1. The van der Waals surface area contributed by atoms with Crippen LogP contribution in [0.25, 0.3) is 10.6 Å². The van der Waals surface area contributed by atoms with E-state index in [2.05, 4.69) is 15.3 Å². The maximum atomic E-state index is 12.5. The summed E-state index contributed by atoms with van der Waals surface area (Å²) in [7, 11) is 1.59. The minimum atomic E-state index is -0.177. The molecule has 3 rings (SSSR count). The molecule has 0 saturated carbocycles. The number of hydrogen-bond acceptors (Lipinski definition) is 5. The summed E-state index contributed by atoms with van der Waals surface area (Å²) in [6.07, 6.45) is 3.45. The number of rotatable bonds is 4. The highest BCUT2D eigenvalue weighted by Crippen LogP contribution is 2.28. The lowest BCUT2D eigenvalue weighted by Gasteiger charge is -2.06. The highest BCUT2D eigenvalue weighted by Gasteiger charge is 2.16. The molecule has 1 amide bonds. The van der Waals surface area contributed by atoms with Crippen LogP contribution in [0.5, 0.6) is 5.75 Å². The highest BCUT2D eigenvalue weighted by atomic mass is 32.1. The van der Waals surface area contributed by atoms with Gasteiger partial charge in [-0.2, -0.15) is 0 Å². The van der Waals surface area contributed by atoms with Crippen LogP contribution in [0.1, 0.15) is 15.4 Å². The van der Waals surface area contributed by atoms with Gasteiger partial charge in [0.05, 0.1) is 12.8 Å². The number of nitrogens with one attached hydrogen (secondary N) is 1. The molecule has 116 valence electrons. The molecule has 3 aromatic rings. The largest absolute Gasteiger partial charge is 0.497 e. The van der Waals surface area contributed by atoms with Gasteiger partial charge >= 0.3 is 0 Å². The number of aromatic nitrogens is 2. The fourth-order valence-corrected chi connectivity index (χ4v) is 3.06. The highest BCUT2D eigenvalue weighted by molar-refractivity contribution is 7.17. The van der Waals surface area contributed by atoms with Crippen molar-refractivity contribution >= 4 is 22.9 Å². The van der Waals surface area contributed by atoms with E-state index >= 15 is 0 Å². The third-order valence-corrected chi connectivity index (χ3v) is 4.44. The van der Waals surface area contributed by atoms with Gasteiger partial charge in [-0.25, -0.2) is 4.98 Å². The van der Waals surface area contributed by atoms with Crippen LogP contribution in [0.15, 0.2) is 48.8 Å². The van der Waals surface area contributed by atoms with Crippen molar-refractivity contribution in [1.29, 1.82) is 0 Å². The van der Waals surface area contributed by atoms with Crippen molar-refractivity contribution in [2.75, 3.05) is 12.4 Å². The average Bonchev–Trinajstić information content (AvgIpc) is 2.98. The Balaban J connectivity index is 1.84. The van der Waals surface area contributed by atoms with Crippen molar-refractivity contribution in [2.45, 2.75) is 6.92 Å². The topological polar surface area (TPSA) is 64.1 Å². The first-order chi connectivity index (χ1) is 11.2. The maximum Gasteiger partial charge on any atom is 0.267 e. The van der Waals surface area contributed by atoms with E-state index in [0.29, 0.717) is 22.0 Å². The zero-order chi connectivity index (χ0) is 16.2. The zero-order valence-electron chi connectivity index (χ0n) is 12.7. The Kier molecular flexibility index (Phi) is 4.34. The third-order valence-electron chi connectivity index (χ3n) is 3.24. The van der Waals surface area contributed by atoms with E-state index in [1.807, 2.05) is 37.3 Å². The van der Waals surface area contributed by atoms with Crippen molar-refractivity contribution in [3.05, 3.63) is 59.4 Å². The monoisotopic (exact) mass is 325 g/mol. The normalized spacial score (nSPS) is 10.3. The third kappa shape index (κ3) is 3.37. The lowest BCUT2D eigenvalue weighted by Crippen LogP contribution is -2.11. The van der Waals surface area contributed by atoms with Crippen LogP contribution in [-0.4, -0.2) is 23.0 Å². The van der Waals surface area contributed by atoms with Gasteiger partial charge < -0.3 is 10.1 Å². The number of pyridine rings is 1. The van der Waals surface area contributed by atoms with Crippen LogP contribution in [0.4, 0.5) is 5.69 Å². The maximum absolute atomic E-state index is 12.5. The number of carbonyl (C=O) groups excluding carboxylic acids is 1. The fourth-order valence-electron chi connectivity index (χ4n) is 2.11. The molecular weight excluding hydrogens is 310 g/mol. The summed E-state index contributed by atoms with van der Waals surface area (Å²) >= 11 is 1.36. The van der Waals surface area contributed by atoms with Gasteiger partial charge in [-0.15, -0.1) is 11.3 Å². The molecule has 1 N–H and O–H groups in total. The van der Waals surface area contributed by atoms with Crippen LogP contribution in [-0.2, 0) is 0 Å². The molecule has 0 spiro atoms. The van der Waals surface area contributed by atoms with E-state index in [1.54, 1.807) is 25.6 Å². The molecule has 0 aliphatic carbocycles. The molecule has 0 unspecified atom stereocenters. The van der Waals surface area contributed by atoms with Crippen LogP contribution >= 0.6 is 11.3 Å². The first kappa shape index (κ1) is 15.2. The predicted molar refractivity (Wildman–Crippen MR) is 91.0 cm³/mol. The Bertz CT molecular complexity index is 831. The predicted octanol–water partition coefficient (Wildman–Crippen LogP) is 3.77. The summed E-state index contributed by atoms with van der Waals surface area (Å²) in [5.74, 6) is 0.517. The molecule has 0 atom stereocenters. The van der Waals surface area contributed by atoms with Crippen molar-refractivity contribution < 1.29 is 9.53 Å². The molecule has 2 aromatic heterocycles. The quantitative estimate of drug-likeness (QED) is 0.793. The molecule has 1 aromatic carbocycles. The first-order valence-corrected chi connectivity index (χ1v) is 7.82. The number of hydrogen-bond donors (Lipinski definition) is 1. The molecule has 23 heavy (non-hydrogen) atoms. The summed E-state index contributed by atoms with van der Waals surface area (Å²) in [6.45, 7) is 1.83. The van der Waals surface area contributed by atoms with Crippen LogP contribution in [0.3, 0.4) is 0 Å². The molecule has 5 nitrogen and oxygen atoms in total. The Morgan fingerprint density at radius 3 is 2.87 bits per heavy atom. The summed E-state index contributed by atoms with van der Waals surface area (Å²) < 4.78 is 5.16. The van der Waals surface area contributed by atoms with Gasteiger partial charge in [0, 0.05) is 29.7 Å². The minimum Gasteiger partial charge on any atom is -0.497 e. The standard InChI is InChI=1S/C17H15N3O2S/c1-11-15(23-17(19-11)12-5-4-8-18-10-12)16(21)20-13-6-3-7-14(9-13)22-2/h3-10H,1-2H3,(H,20,21). The number of aryl methyl sites for hydroxylation is 1. The molecule has 0 bridgehead atoms. The second kappa shape index (κ2) is 6.58.